The topological polar surface area (TPSA) is 69.6 Å². The fourth-order valence-electron chi connectivity index (χ4n) is 1.59. The maximum atomic E-state index is 12.7. The number of hydrogen-bond acceptors (Lipinski definition) is 4. The predicted octanol–water partition coefficient (Wildman–Crippen LogP) is 1.56. The first-order valence-corrected chi connectivity index (χ1v) is 7.45. The van der Waals surface area contributed by atoms with Crippen molar-refractivity contribution in [1.82, 2.24) is 5.32 Å². The number of carbonyl (C=O) groups excluding carboxylic acids is 1. The van der Waals surface area contributed by atoms with Crippen LogP contribution in [0.1, 0.15) is 19.8 Å². The minimum Gasteiger partial charge on any atom is -0.394 e. The zero-order chi connectivity index (χ0) is 15.0. The average molecular weight is 301 g/mol. The van der Waals surface area contributed by atoms with Gasteiger partial charge in [-0.15, -0.1) is 11.8 Å². The zero-order valence-electron chi connectivity index (χ0n) is 11.4. The van der Waals surface area contributed by atoms with E-state index in [1.807, 2.05) is 0 Å². The highest BCUT2D eigenvalue weighted by Gasteiger charge is 2.28. The van der Waals surface area contributed by atoms with Crippen molar-refractivity contribution in [2.45, 2.75) is 30.2 Å². The van der Waals surface area contributed by atoms with E-state index in [4.69, 9.17) is 0 Å². The first-order valence-electron chi connectivity index (χ1n) is 6.46. The number of halogens is 1. The van der Waals surface area contributed by atoms with Crippen LogP contribution in [0, 0.1) is 5.82 Å². The van der Waals surface area contributed by atoms with Crippen molar-refractivity contribution in [3.05, 3.63) is 30.1 Å². The Labute approximate surface area is 122 Å². The van der Waals surface area contributed by atoms with Crippen LogP contribution in [0.2, 0.25) is 0 Å². The van der Waals surface area contributed by atoms with Crippen LogP contribution in [0.5, 0.6) is 0 Å². The second kappa shape index (κ2) is 8.24. The number of hydrogen-bond donors (Lipinski definition) is 3. The molecule has 1 aromatic carbocycles. The molecule has 1 rings (SSSR count). The third kappa shape index (κ3) is 5.11. The Hall–Kier alpha value is -1.11. The summed E-state index contributed by atoms with van der Waals surface area (Å²) in [5, 5.41) is 21.1. The van der Waals surface area contributed by atoms with Crippen LogP contribution < -0.4 is 5.32 Å². The molecule has 0 fully saturated rings. The van der Waals surface area contributed by atoms with Gasteiger partial charge in [0.1, 0.15) is 5.82 Å². The van der Waals surface area contributed by atoms with Crippen molar-refractivity contribution in [3.8, 4) is 0 Å². The Balaban J connectivity index is 2.38. The molecule has 0 aliphatic heterocycles. The fraction of sp³-hybridized carbons (Fsp3) is 0.500. The van der Waals surface area contributed by atoms with Crippen LogP contribution in [0.4, 0.5) is 4.39 Å². The van der Waals surface area contributed by atoms with E-state index in [1.54, 1.807) is 19.1 Å². The molecule has 6 heteroatoms. The van der Waals surface area contributed by atoms with E-state index in [2.05, 4.69) is 5.32 Å². The third-order valence-electron chi connectivity index (χ3n) is 3.10. The van der Waals surface area contributed by atoms with Crippen LogP contribution in [0.3, 0.4) is 0 Å². The highest BCUT2D eigenvalue weighted by molar-refractivity contribution is 7.99. The second-order valence-electron chi connectivity index (χ2n) is 4.55. The van der Waals surface area contributed by atoms with Gasteiger partial charge in [0.25, 0.3) is 0 Å². The van der Waals surface area contributed by atoms with Gasteiger partial charge < -0.3 is 15.5 Å². The van der Waals surface area contributed by atoms with Gasteiger partial charge in [-0.1, -0.05) is 6.92 Å². The standard InChI is InChI=1S/C14H20FNO3S/c1-2-14(9-17,10-18)16-13(19)7-8-20-12-5-3-11(15)4-6-12/h3-6,17-18H,2,7-10H2,1H3,(H,16,19). The molecule has 1 aromatic rings. The molecule has 0 bridgehead atoms. The lowest BCUT2D eigenvalue weighted by Crippen LogP contribution is -2.53. The molecule has 112 valence electrons. The zero-order valence-corrected chi connectivity index (χ0v) is 12.3. The monoisotopic (exact) mass is 301 g/mol. The van der Waals surface area contributed by atoms with Gasteiger partial charge in [-0.05, 0) is 30.7 Å². The van der Waals surface area contributed by atoms with E-state index in [-0.39, 0.29) is 31.4 Å². The molecule has 0 aromatic heterocycles. The van der Waals surface area contributed by atoms with Crippen LogP contribution in [0.25, 0.3) is 0 Å². The lowest BCUT2D eigenvalue weighted by Gasteiger charge is -2.29. The fourth-order valence-corrected chi connectivity index (χ4v) is 2.44. The van der Waals surface area contributed by atoms with Gasteiger partial charge in [0.15, 0.2) is 0 Å². The molecule has 3 N–H and O–H groups in total. The average Bonchev–Trinajstić information content (AvgIpc) is 2.47. The number of amides is 1. The van der Waals surface area contributed by atoms with Crippen LogP contribution in [0.15, 0.2) is 29.2 Å². The SMILES string of the molecule is CCC(CO)(CO)NC(=O)CCSc1ccc(F)cc1. The van der Waals surface area contributed by atoms with Crippen LogP contribution >= 0.6 is 11.8 Å². The lowest BCUT2D eigenvalue weighted by atomic mass is 9.98. The second-order valence-corrected chi connectivity index (χ2v) is 5.72. The Morgan fingerprint density at radius 2 is 1.90 bits per heavy atom. The molecule has 0 unspecified atom stereocenters. The molecule has 0 radical (unpaired) electrons. The van der Waals surface area contributed by atoms with Gasteiger partial charge in [-0.3, -0.25) is 4.79 Å². The van der Waals surface area contributed by atoms with Crippen LogP contribution in [-0.4, -0.2) is 40.6 Å². The summed E-state index contributed by atoms with van der Waals surface area (Å²) in [5.41, 5.74) is -0.947. The van der Waals surface area contributed by atoms with E-state index in [0.29, 0.717) is 12.2 Å². The summed E-state index contributed by atoms with van der Waals surface area (Å²) in [7, 11) is 0. The summed E-state index contributed by atoms with van der Waals surface area (Å²) in [5.74, 6) is 0.0453. The summed E-state index contributed by atoms with van der Waals surface area (Å²) in [6, 6.07) is 6.08. The molecule has 20 heavy (non-hydrogen) atoms. The molecule has 0 saturated carbocycles. The number of thioether (sulfide) groups is 1. The molecule has 0 aliphatic carbocycles. The van der Waals surface area contributed by atoms with E-state index in [0.717, 1.165) is 4.90 Å². The Kier molecular flexibility index (Phi) is 6.98. The summed E-state index contributed by atoms with van der Waals surface area (Å²) >= 11 is 1.45. The molecule has 4 nitrogen and oxygen atoms in total. The molecule has 0 saturated heterocycles. The highest BCUT2D eigenvalue weighted by atomic mass is 32.2. The smallest absolute Gasteiger partial charge is 0.221 e. The van der Waals surface area contributed by atoms with Gasteiger partial charge in [-0.2, -0.15) is 0 Å². The van der Waals surface area contributed by atoms with Gasteiger partial charge >= 0.3 is 0 Å². The number of aliphatic hydroxyl groups excluding tert-OH is 2. The first kappa shape index (κ1) is 16.9. The molecule has 1 amide bonds. The summed E-state index contributed by atoms with van der Waals surface area (Å²) in [6.07, 6.45) is 0.723. The number of rotatable bonds is 8. The number of nitrogens with one attached hydrogen (secondary N) is 1. The molecule has 0 heterocycles. The number of aliphatic hydroxyl groups is 2. The van der Waals surface area contributed by atoms with Crippen molar-refractivity contribution < 1.29 is 19.4 Å². The van der Waals surface area contributed by atoms with Gasteiger partial charge in [0.05, 0.1) is 18.8 Å². The number of benzene rings is 1. The van der Waals surface area contributed by atoms with Gasteiger partial charge in [0.2, 0.25) is 5.91 Å². The van der Waals surface area contributed by atoms with E-state index >= 15 is 0 Å². The van der Waals surface area contributed by atoms with Crippen molar-refractivity contribution >= 4 is 17.7 Å². The maximum absolute atomic E-state index is 12.7. The molecule has 0 spiro atoms. The van der Waals surface area contributed by atoms with Gasteiger partial charge in [-0.25, -0.2) is 4.39 Å². The molecule has 0 atom stereocenters. The van der Waals surface area contributed by atoms with E-state index < -0.39 is 5.54 Å². The summed E-state index contributed by atoms with van der Waals surface area (Å²) in [6.45, 7) is 1.20. The van der Waals surface area contributed by atoms with Crippen molar-refractivity contribution in [3.63, 3.8) is 0 Å². The van der Waals surface area contributed by atoms with E-state index in [1.165, 1.54) is 23.9 Å². The quantitative estimate of drug-likeness (QED) is 0.637. The largest absolute Gasteiger partial charge is 0.394 e. The molecule has 0 aliphatic rings. The minimum absolute atomic E-state index is 0.218. The minimum atomic E-state index is -0.947. The van der Waals surface area contributed by atoms with E-state index in [9.17, 15) is 19.4 Å². The maximum Gasteiger partial charge on any atom is 0.221 e. The highest BCUT2D eigenvalue weighted by Crippen LogP contribution is 2.19. The Morgan fingerprint density at radius 3 is 2.40 bits per heavy atom. The Morgan fingerprint density at radius 1 is 1.30 bits per heavy atom. The lowest BCUT2D eigenvalue weighted by molar-refractivity contribution is -0.124. The Bertz CT molecular complexity index is 413. The molecular weight excluding hydrogens is 281 g/mol. The number of carbonyl (C=O) groups is 1. The normalized spacial score (nSPS) is 11.4. The van der Waals surface area contributed by atoms with Crippen molar-refractivity contribution in [2.24, 2.45) is 0 Å². The van der Waals surface area contributed by atoms with Crippen molar-refractivity contribution in [1.29, 1.82) is 0 Å². The van der Waals surface area contributed by atoms with Crippen molar-refractivity contribution in [2.75, 3.05) is 19.0 Å². The van der Waals surface area contributed by atoms with Gasteiger partial charge in [0, 0.05) is 17.1 Å². The third-order valence-corrected chi connectivity index (χ3v) is 4.11. The predicted molar refractivity (Wildman–Crippen MR) is 77.1 cm³/mol. The summed E-state index contributed by atoms with van der Waals surface area (Å²) in [4.78, 5) is 12.7. The van der Waals surface area contributed by atoms with Crippen LogP contribution in [-0.2, 0) is 4.79 Å². The first-order chi connectivity index (χ1) is 9.55. The molecular formula is C14H20FNO3S. The summed E-state index contributed by atoms with van der Waals surface area (Å²) < 4.78 is 12.7.